The van der Waals surface area contributed by atoms with Gasteiger partial charge in [0.15, 0.2) is 0 Å². The third-order valence-corrected chi connectivity index (χ3v) is 5.19. The number of nitro groups is 1. The molecule has 0 aromatic heterocycles. The number of halogens is 1. The minimum absolute atomic E-state index is 0.0402. The first kappa shape index (κ1) is 13.8. The van der Waals surface area contributed by atoms with Crippen molar-refractivity contribution in [2.45, 2.75) is 44.2 Å². The lowest BCUT2D eigenvalue weighted by molar-refractivity contribution is -0.385. The number of nitro benzene ring substituents is 1. The van der Waals surface area contributed by atoms with Gasteiger partial charge in [0, 0.05) is 28.4 Å². The molecule has 1 aromatic carbocycles. The van der Waals surface area contributed by atoms with Gasteiger partial charge in [-0.1, -0.05) is 28.8 Å². The molecule has 2 aliphatic rings. The molecule has 0 aliphatic heterocycles. The molecule has 2 fully saturated rings. The molecule has 0 saturated heterocycles. The first-order valence-corrected chi connectivity index (χ1v) is 7.68. The summed E-state index contributed by atoms with van der Waals surface area (Å²) >= 11 is 3.29. The highest BCUT2D eigenvalue weighted by Gasteiger charge is 2.56. The third kappa shape index (κ3) is 2.20. The van der Waals surface area contributed by atoms with E-state index >= 15 is 0 Å². The molecule has 1 spiro atoms. The molecule has 0 heterocycles. The Labute approximate surface area is 125 Å². The maximum atomic E-state index is 10.9. The number of nitrogens with two attached hydrogens (primary N) is 1. The molecule has 2 aliphatic carbocycles. The second-order valence-electron chi connectivity index (χ2n) is 5.79. The average Bonchev–Trinajstić information content (AvgIpc) is 2.90. The van der Waals surface area contributed by atoms with Gasteiger partial charge in [-0.25, -0.2) is 0 Å². The Hall–Kier alpha value is -1.14. The van der Waals surface area contributed by atoms with Crippen LogP contribution in [0.4, 0.5) is 5.69 Å². The Morgan fingerprint density at radius 3 is 2.65 bits per heavy atom. The summed E-state index contributed by atoms with van der Waals surface area (Å²) in [6.07, 6.45) is 5.54. The molecule has 0 radical (unpaired) electrons. The quantitative estimate of drug-likeness (QED) is 0.675. The molecule has 108 valence electrons. The lowest BCUT2D eigenvalue weighted by Crippen LogP contribution is -2.62. The van der Waals surface area contributed by atoms with E-state index in [2.05, 4.69) is 15.9 Å². The van der Waals surface area contributed by atoms with Crippen molar-refractivity contribution in [2.24, 2.45) is 11.1 Å². The molecule has 2 unspecified atom stereocenters. The number of hydrogen-bond acceptors (Lipinski definition) is 4. The van der Waals surface area contributed by atoms with Crippen LogP contribution < -0.4 is 10.5 Å². The van der Waals surface area contributed by atoms with Crippen LogP contribution in [0.2, 0.25) is 0 Å². The van der Waals surface area contributed by atoms with E-state index in [1.54, 1.807) is 6.07 Å². The Bertz CT molecular complexity index is 543. The fourth-order valence-corrected chi connectivity index (χ4v) is 4.02. The Morgan fingerprint density at radius 2 is 2.05 bits per heavy atom. The van der Waals surface area contributed by atoms with Crippen LogP contribution in [-0.2, 0) is 0 Å². The topological polar surface area (TPSA) is 78.4 Å². The van der Waals surface area contributed by atoms with Crippen molar-refractivity contribution in [2.75, 3.05) is 0 Å². The highest BCUT2D eigenvalue weighted by molar-refractivity contribution is 9.10. The van der Waals surface area contributed by atoms with Gasteiger partial charge in [-0.15, -0.1) is 0 Å². The van der Waals surface area contributed by atoms with Gasteiger partial charge in [-0.2, -0.15) is 0 Å². The van der Waals surface area contributed by atoms with Crippen molar-refractivity contribution >= 4 is 21.6 Å². The second kappa shape index (κ2) is 5.00. The van der Waals surface area contributed by atoms with Crippen molar-refractivity contribution in [3.63, 3.8) is 0 Å². The fourth-order valence-electron chi connectivity index (χ4n) is 3.56. The summed E-state index contributed by atoms with van der Waals surface area (Å²) in [6, 6.07) is 4.94. The molecule has 0 bridgehead atoms. The summed E-state index contributed by atoms with van der Waals surface area (Å²) in [4.78, 5) is 10.5. The van der Waals surface area contributed by atoms with Crippen molar-refractivity contribution in [1.29, 1.82) is 0 Å². The third-order valence-electron chi connectivity index (χ3n) is 4.73. The molecule has 3 rings (SSSR count). The van der Waals surface area contributed by atoms with E-state index in [9.17, 15) is 10.1 Å². The molecular weight excluding hydrogens is 324 g/mol. The van der Waals surface area contributed by atoms with Crippen LogP contribution >= 0.6 is 15.9 Å². The number of benzene rings is 1. The lowest BCUT2D eigenvalue weighted by Gasteiger charge is -2.52. The molecule has 1 aromatic rings. The highest BCUT2D eigenvalue weighted by Crippen LogP contribution is 2.53. The average molecular weight is 341 g/mol. The number of non-ortho nitro benzene ring substituents is 1. The summed E-state index contributed by atoms with van der Waals surface area (Å²) in [7, 11) is 0. The van der Waals surface area contributed by atoms with Crippen LogP contribution in [0.25, 0.3) is 0 Å². The minimum atomic E-state index is -0.407. The first-order chi connectivity index (χ1) is 9.51. The predicted molar refractivity (Wildman–Crippen MR) is 78.7 cm³/mol. The van der Waals surface area contributed by atoms with E-state index in [0.717, 1.165) is 19.3 Å². The van der Waals surface area contributed by atoms with Crippen molar-refractivity contribution in [3.8, 4) is 5.75 Å². The van der Waals surface area contributed by atoms with E-state index in [-0.39, 0.29) is 23.2 Å². The smallest absolute Gasteiger partial charge is 0.274 e. The molecule has 5 nitrogen and oxygen atoms in total. The maximum Gasteiger partial charge on any atom is 0.274 e. The Balaban J connectivity index is 1.80. The molecule has 2 saturated carbocycles. The van der Waals surface area contributed by atoms with Crippen molar-refractivity contribution in [3.05, 3.63) is 32.8 Å². The molecule has 20 heavy (non-hydrogen) atoms. The standard InChI is InChI=1S/C14H17BrN2O3/c15-9-5-10(17(18)19)7-11(6-9)20-13-8-12(16)14(13)3-1-2-4-14/h5-7,12-13H,1-4,8,16H2. The second-order valence-corrected chi connectivity index (χ2v) is 6.71. The van der Waals surface area contributed by atoms with Crippen LogP contribution in [0.3, 0.4) is 0 Å². The van der Waals surface area contributed by atoms with Gasteiger partial charge >= 0.3 is 0 Å². The van der Waals surface area contributed by atoms with Crippen molar-refractivity contribution < 1.29 is 9.66 Å². The van der Waals surface area contributed by atoms with Crippen LogP contribution in [0.5, 0.6) is 5.75 Å². The zero-order valence-corrected chi connectivity index (χ0v) is 12.6. The van der Waals surface area contributed by atoms with E-state index < -0.39 is 4.92 Å². The maximum absolute atomic E-state index is 10.9. The van der Waals surface area contributed by atoms with Crippen LogP contribution in [0, 0.1) is 15.5 Å². The van der Waals surface area contributed by atoms with E-state index in [1.807, 2.05) is 0 Å². The monoisotopic (exact) mass is 340 g/mol. The summed E-state index contributed by atoms with van der Waals surface area (Å²) in [5, 5.41) is 10.9. The van der Waals surface area contributed by atoms with Crippen LogP contribution in [0.15, 0.2) is 22.7 Å². The molecule has 2 atom stereocenters. The zero-order valence-electron chi connectivity index (χ0n) is 11.0. The molecule has 2 N–H and O–H groups in total. The minimum Gasteiger partial charge on any atom is -0.489 e. The molecule has 6 heteroatoms. The normalized spacial score (nSPS) is 27.3. The van der Waals surface area contributed by atoms with Gasteiger partial charge < -0.3 is 10.5 Å². The van der Waals surface area contributed by atoms with Crippen LogP contribution in [-0.4, -0.2) is 17.1 Å². The largest absolute Gasteiger partial charge is 0.489 e. The number of nitrogens with zero attached hydrogens (tertiary/aromatic N) is 1. The van der Waals surface area contributed by atoms with Crippen LogP contribution in [0.1, 0.15) is 32.1 Å². The van der Waals surface area contributed by atoms with Gasteiger partial charge in [-0.3, -0.25) is 10.1 Å². The summed E-state index contributed by atoms with van der Waals surface area (Å²) in [5.41, 5.74) is 6.31. The van der Waals surface area contributed by atoms with E-state index in [1.165, 1.54) is 25.0 Å². The van der Waals surface area contributed by atoms with Crippen molar-refractivity contribution in [1.82, 2.24) is 0 Å². The van der Waals surface area contributed by atoms with E-state index in [0.29, 0.717) is 10.2 Å². The first-order valence-electron chi connectivity index (χ1n) is 6.88. The van der Waals surface area contributed by atoms with E-state index in [4.69, 9.17) is 10.5 Å². The van der Waals surface area contributed by atoms with Gasteiger partial charge in [0.2, 0.25) is 0 Å². The summed E-state index contributed by atoms with van der Waals surface area (Å²) in [6.45, 7) is 0. The SMILES string of the molecule is NC1CC(Oc2cc(Br)cc([N+](=O)[O-])c2)C12CCCC2. The number of ether oxygens (including phenoxy) is 1. The number of rotatable bonds is 3. The Kier molecular flexibility index (Phi) is 3.46. The molecule has 0 amide bonds. The van der Waals surface area contributed by atoms with Gasteiger partial charge in [0.05, 0.1) is 11.0 Å². The Morgan fingerprint density at radius 1 is 1.35 bits per heavy atom. The van der Waals surface area contributed by atoms with Gasteiger partial charge in [0.1, 0.15) is 11.9 Å². The predicted octanol–water partition coefficient (Wildman–Crippen LogP) is 3.40. The fraction of sp³-hybridized carbons (Fsp3) is 0.571. The molecular formula is C14H17BrN2O3. The van der Waals surface area contributed by atoms with Gasteiger partial charge in [0.25, 0.3) is 5.69 Å². The summed E-state index contributed by atoms with van der Waals surface area (Å²) in [5.74, 6) is 0.550. The lowest BCUT2D eigenvalue weighted by atomic mass is 9.61. The summed E-state index contributed by atoms with van der Waals surface area (Å²) < 4.78 is 6.67. The zero-order chi connectivity index (χ0) is 14.3. The van der Waals surface area contributed by atoms with Gasteiger partial charge in [-0.05, 0) is 18.9 Å². The number of hydrogen-bond donors (Lipinski definition) is 1. The highest BCUT2D eigenvalue weighted by atomic mass is 79.9.